The van der Waals surface area contributed by atoms with Crippen molar-refractivity contribution < 1.29 is 23.7 Å². The van der Waals surface area contributed by atoms with E-state index >= 15 is 0 Å². The van der Waals surface area contributed by atoms with Crippen LogP contribution in [0.4, 0.5) is 0 Å². The summed E-state index contributed by atoms with van der Waals surface area (Å²) in [5, 5.41) is 0. The highest BCUT2D eigenvalue weighted by molar-refractivity contribution is 7.39. The molecule has 0 aromatic rings. The topological polar surface area (TPSA) is 49.4 Å². The van der Waals surface area contributed by atoms with E-state index in [1.54, 1.807) is 28.4 Å². The number of methoxy groups -OCH3 is 4. The molecule has 0 aliphatic heterocycles. The Morgan fingerprint density at radius 2 is 1.12 bits per heavy atom. The van der Waals surface area contributed by atoms with Crippen molar-refractivity contribution in [1.82, 2.24) is 4.90 Å². The maximum Gasteiger partial charge on any atom is 0.180 e. The standard InChI is InChI=1S/C17H39NO5P2/c1-14(2)23-15(3)18(10-12-24-16(4,19-6)20-7)11-13-25-17(5,21-8)22-9/h14-15,24-25H,10-13H2,1-9H3. The fourth-order valence-electron chi connectivity index (χ4n) is 2.26. The fraction of sp³-hybridized carbons (Fsp3) is 1.00. The van der Waals surface area contributed by atoms with Crippen molar-refractivity contribution in [3.63, 3.8) is 0 Å². The number of nitrogens with zero attached hydrogens (tertiary/aromatic N) is 1. The highest BCUT2D eigenvalue weighted by Crippen LogP contribution is 2.34. The molecule has 8 heteroatoms. The van der Waals surface area contributed by atoms with Crippen LogP contribution in [0.15, 0.2) is 0 Å². The largest absolute Gasteiger partial charge is 0.361 e. The molecule has 0 rings (SSSR count). The lowest BCUT2D eigenvalue weighted by Crippen LogP contribution is -2.40. The van der Waals surface area contributed by atoms with Crippen molar-refractivity contribution >= 4 is 17.2 Å². The normalized spacial score (nSPS) is 15.5. The summed E-state index contributed by atoms with van der Waals surface area (Å²) < 4.78 is 27.8. The zero-order chi connectivity index (χ0) is 19.5. The van der Waals surface area contributed by atoms with E-state index in [9.17, 15) is 0 Å². The highest BCUT2D eigenvalue weighted by atomic mass is 31.1. The van der Waals surface area contributed by atoms with Gasteiger partial charge < -0.3 is 23.7 Å². The monoisotopic (exact) mass is 399 g/mol. The van der Waals surface area contributed by atoms with E-state index in [4.69, 9.17) is 23.7 Å². The minimum absolute atomic E-state index is 0.0716. The van der Waals surface area contributed by atoms with Gasteiger partial charge >= 0.3 is 0 Å². The molecule has 0 aliphatic carbocycles. The first-order chi connectivity index (χ1) is 11.6. The second-order valence-corrected chi connectivity index (χ2v) is 9.91. The number of rotatable bonds is 15. The van der Waals surface area contributed by atoms with Crippen LogP contribution in [0.25, 0.3) is 0 Å². The van der Waals surface area contributed by atoms with Crippen molar-refractivity contribution in [3.05, 3.63) is 0 Å². The maximum atomic E-state index is 5.99. The third-order valence-electron chi connectivity index (χ3n) is 4.23. The second-order valence-electron chi connectivity index (χ2n) is 6.38. The predicted octanol–water partition coefficient (Wildman–Crippen LogP) is 3.35. The van der Waals surface area contributed by atoms with Crippen LogP contribution in [0.3, 0.4) is 0 Å². The van der Waals surface area contributed by atoms with E-state index in [1.165, 1.54) is 0 Å². The summed E-state index contributed by atoms with van der Waals surface area (Å²) in [5.74, 6) is 0. The molecule has 0 bridgehead atoms. The van der Waals surface area contributed by atoms with Gasteiger partial charge in [0, 0.05) is 41.5 Å². The SMILES string of the molecule is COC(C)(OC)PCCN(CCPC(C)(OC)OC)C(C)OC(C)C. The van der Waals surface area contributed by atoms with Crippen LogP contribution in [-0.4, -0.2) is 82.1 Å². The number of hydrogen-bond acceptors (Lipinski definition) is 6. The van der Waals surface area contributed by atoms with Gasteiger partial charge in [-0.15, -0.1) is 0 Å². The lowest BCUT2D eigenvalue weighted by Gasteiger charge is -2.33. The number of hydrogen-bond donors (Lipinski definition) is 0. The van der Waals surface area contributed by atoms with Gasteiger partial charge in [-0.25, -0.2) is 0 Å². The molecular formula is C17H39NO5P2. The van der Waals surface area contributed by atoms with E-state index in [0.717, 1.165) is 25.4 Å². The molecule has 3 unspecified atom stereocenters. The van der Waals surface area contributed by atoms with Gasteiger partial charge in [0.25, 0.3) is 0 Å². The molecule has 25 heavy (non-hydrogen) atoms. The molecule has 0 radical (unpaired) electrons. The zero-order valence-corrected chi connectivity index (χ0v) is 19.5. The summed E-state index contributed by atoms with van der Waals surface area (Å²) in [6.07, 6.45) is 2.27. The van der Waals surface area contributed by atoms with Crippen molar-refractivity contribution in [1.29, 1.82) is 0 Å². The second kappa shape index (κ2) is 12.9. The van der Waals surface area contributed by atoms with Crippen molar-refractivity contribution in [2.24, 2.45) is 0 Å². The zero-order valence-electron chi connectivity index (χ0n) is 17.5. The van der Waals surface area contributed by atoms with Gasteiger partial charge in [0.05, 0.1) is 6.10 Å². The molecule has 0 fully saturated rings. The van der Waals surface area contributed by atoms with Crippen LogP contribution in [0.2, 0.25) is 0 Å². The average molecular weight is 399 g/mol. The Kier molecular flexibility index (Phi) is 13.2. The lowest BCUT2D eigenvalue weighted by atomic mass is 10.4. The van der Waals surface area contributed by atoms with Crippen LogP contribution in [0.1, 0.15) is 34.6 Å². The Bertz CT molecular complexity index is 315. The van der Waals surface area contributed by atoms with Crippen LogP contribution >= 0.6 is 17.2 Å². The minimum atomic E-state index is -0.500. The van der Waals surface area contributed by atoms with Crippen molar-refractivity contribution in [2.75, 3.05) is 53.9 Å². The molecule has 0 amide bonds. The molecule has 152 valence electrons. The Hall–Kier alpha value is 0.620. The lowest BCUT2D eigenvalue weighted by molar-refractivity contribution is -0.123. The van der Waals surface area contributed by atoms with Crippen molar-refractivity contribution in [3.8, 4) is 0 Å². The Morgan fingerprint density at radius 3 is 1.40 bits per heavy atom. The average Bonchev–Trinajstić information content (AvgIpc) is 2.59. The van der Waals surface area contributed by atoms with E-state index in [1.807, 2.05) is 13.8 Å². The molecule has 0 aromatic carbocycles. The summed E-state index contributed by atoms with van der Waals surface area (Å²) in [4.78, 5) is 2.37. The quantitative estimate of drug-likeness (QED) is 0.311. The van der Waals surface area contributed by atoms with Gasteiger partial charge in [-0.2, -0.15) is 0 Å². The predicted molar refractivity (Wildman–Crippen MR) is 108 cm³/mol. The molecule has 0 N–H and O–H groups in total. The van der Waals surface area contributed by atoms with Gasteiger partial charge in [-0.1, -0.05) is 17.2 Å². The molecule has 0 spiro atoms. The van der Waals surface area contributed by atoms with Gasteiger partial charge in [0.15, 0.2) is 11.1 Å². The van der Waals surface area contributed by atoms with Crippen molar-refractivity contribution in [2.45, 2.75) is 58.0 Å². The van der Waals surface area contributed by atoms with E-state index in [-0.39, 0.29) is 12.3 Å². The van der Waals surface area contributed by atoms with E-state index < -0.39 is 11.1 Å². The maximum absolute atomic E-state index is 5.99. The molecule has 3 atom stereocenters. The number of ether oxygens (including phenoxy) is 5. The third-order valence-corrected chi connectivity index (χ3v) is 7.28. The third kappa shape index (κ3) is 10.5. The summed E-state index contributed by atoms with van der Waals surface area (Å²) in [6.45, 7) is 12.1. The van der Waals surface area contributed by atoms with Crippen LogP contribution < -0.4 is 0 Å². The first-order valence-corrected chi connectivity index (χ1v) is 11.2. The van der Waals surface area contributed by atoms with Crippen LogP contribution in [-0.2, 0) is 23.7 Å². The molecule has 0 aromatic heterocycles. The smallest absolute Gasteiger partial charge is 0.180 e. The van der Waals surface area contributed by atoms with E-state index in [2.05, 4.69) is 25.7 Å². The Balaban J connectivity index is 4.61. The fourth-order valence-corrected chi connectivity index (χ4v) is 4.55. The van der Waals surface area contributed by atoms with Gasteiger partial charge in [-0.3, -0.25) is 4.90 Å². The van der Waals surface area contributed by atoms with Gasteiger partial charge in [0.2, 0.25) is 0 Å². The highest BCUT2D eigenvalue weighted by Gasteiger charge is 2.25. The molecule has 6 nitrogen and oxygen atoms in total. The summed E-state index contributed by atoms with van der Waals surface area (Å²) >= 11 is 0. The minimum Gasteiger partial charge on any atom is -0.361 e. The van der Waals surface area contributed by atoms with Gasteiger partial charge in [0.1, 0.15) is 6.23 Å². The Morgan fingerprint density at radius 1 is 0.760 bits per heavy atom. The molecule has 0 saturated heterocycles. The molecular weight excluding hydrogens is 360 g/mol. The van der Waals surface area contributed by atoms with Crippen LogP contribution in [0, 0.1) is 0 Å². The summed E-state index contributed by atoms with van der Waals surface area (Å²) in [6, 6.07) is 0. The Labute approximate surface area is 158 Å². The molecule has 0 aliphatic rings. The van der Waals surface area contributed by atoms with Crippen LogP contribution in [0.5, 0.6) is 0 Å². The molecule has 0 heterocycles. The van der Waals surface area contributed by atoms with Gasteiger partial charge in [-0.05, 0) is 46.9 Å². The first kappa shape index (κ1) is 25.6. The summed E-state index contributed by atoms with van der Waals surface area (Å²) in [5.41, 5.74) is -1.000. The first-order valence-electron chi connectivity index (χ1n) is 8.75. The molecule has 0 saturated carbocycles. The van der Waals surface area contributed by atoms with E-state index in [0.29, 0.717) is 17.2 Å². The summed E-state index contributed by atoms with van der Waals surface area (Å²) in [7, 11) is 7.89.